The number of hydrogen-bond donors (Lipinski definition) is 3. The molecule has 1 atom stereocenters. The molecule has 1 aliphatic rings. The van der Waals surface area contributed by atoms with Gasteiger partial charge in [0.15, 0.2) is 0 Å². The van der Waals surface area contributed by atoms with Crippen LogP contribution in [0.5, 0.6) is 0 Å². The quantitative estimate of drug-likeness (QED) is 0.422. The first kappa shape index (κ1) is 12.5. The molecule has 1 unspecified atom stereocenters. The number of carboxylic acid groups (broad SMARTS) is 1. The Labute approximate surface area is 89.8 Å². The van der Waals surface area contributed by atoms with Gasteiger partial charge in [-0.2, -0.15) is 0 Å². The molecule has 1 heterocycles. The standard InChI is InChI=1S/C9H18BNO4/c12-9(13)8-4-3-7-11(8)6-2-1-5-10(14)15/h8,14-15H,1-7H2,(H,12,13). The van der Waals surface area contributed by atoms with Crippen LogP contribution >= 0.6 is 0 Å². The normalized spacial score (nSPS) is 21.9. The highest BCUT2D eigenvalue weighted by Crippen LogP contribution is 2.18. The maximum atomic E-state index is 10.8. The molecule has 0 aromatic heterocycles. The lowest BCUT2D eigenvalue weighted by Crippen LogP contribution is -2.36. The smallest absolute Gasteiger partial charge is 0.451 e. The summed E-state index contributed by atoms with van der Waals surface area (Å²) >= 11 is 0. The molecule has 3 N–H and O–H groups in total. The van der Waals surface area contributed by atoms with E-state index in [2.05, 4.69) is 0 Å². The van der Waals surface area contributed by atoms with Crippen molar-refractivity contribution in [3.05, 3.63) is 0 Å². The van der Waals surface area contributed by atoms with E-state index in [4.69, 9.17) is 15.2 Å². The second-order valence-corrected chi connectivity index (χ2v) is 4.01. The number of hydrogen-bond acceptors (Lipinski definition) is 4. The molecule has 15 heavy (non-hydrogen) atoms. The number of unbranched alkanes of at least 4 members (excludes halogenated alkanes) is 1. The summed E-state index contributed by atoms with van der Waals surface area (Å²) in [7, 11) is -1.24. The third-order valence-electron chi connectivity index (χ3n) is 2.81. The van der Waals surface area contributed by atoms with Crippen LogP contribution in [-0.4, -0.2) is 52.3 Å². The van der Waals surface area contributed by atoms with Gasteiger partial charge in [-0.3, -0.25) is 9.69 Å². The van der Waals surface area contributed by atoms with Gasteiger partial charge in [0, 0.05) is 0 Å². The lowest BCUT2D eigenvalue weighted by molar-refractivity contribution is -0.142. The van der Waals surface area contributed by atoms with Crippen LogP contribution in [0.1, 0.15) is 25.7 Å². The lowest BCUT2D eigenvalue weighted by atomic mass is 9.84. The van der Waals surface area contributed by atoms with Gasteiger partial charge in [-0.1, -0.05) is 6.42 Å². The molecule has 86 valence electrons. The van der Waals surface area contributed by atoms with Crippen molar-refractivity contribution < 1.29 is 19.9 Å². The highest BCUT2D eigenvalue weighted by Gasteiger charge is 2.29. The minimum Gasteiger partial charge on any atom is -0.480 e. The van der Waals surface area contributed by atoms with Gasteiger partial charge in [0.05, 0.1) is 0 Å². The summed E-state index contributed by atoms with van der Waals surface area (Å²) in [6.45, 7) is 1.59. The predicted octanol–water partition coefficient (Wildman–Crippen LogP) is -0.212. The van der Waals surface area contributed by atoms with Crippen LogP contribution in [0.25, 0.3) is 0 Å². The molecule has 0 aromatic carbocycles. The average molecular weight is 215 g/mol. The van der Waals surface area contributed by atoms with Gasteiger partial charge >= 0.3 is 13.1 Å². The summed E-state index contributed by atoms with van der Waals surface area (Å²) < 4.78 is 0. The van der Waals surface area contributed by atoms with Gasteiger partial charge in [0.2, 0.25) is 0 Å². The highest BCUT2D eigenvalue weighted by atomic mass is 16.4. The van der Waals surface area contributed by atoms with Crippen LogP contribution in [-0.2, 0) is 4.79 Å². The summed E-state index contributed by atoms with van der Waals surface area (Å²) in [6.07, 6.45) is 3.59. The average Bonchev–Trinajstić information content (AvgIpc) is 2.60. The summed E-state index contributed by atoms with van der Waals surface area (Å²) in [5.74, 6) is -0.741. The molecule has 5 nitrogen and oxygen atoms in total. The molecule has 1 saturated heterocycles. The van der Waals surface area contributed by atoms with Crippen molar-refractivity contribution in [2.24, 2.45) is 0 Å². The molecule has 6 heteroatoms. The molecule has 0 bridgehead atoms. The van der Waals surface area contributed by atoms with Gasteiger partial charge in [0.25, 0.3) is 0 Å². The first-order chi connectivity index (χ1) is 7.11. The first-order valence-corrected chi connectivity index (χ1v) is 5.44. The summed E-state index contributed by atoms with van der Waals surface area (Å²) in [5.41, 5.74) is 0. The fourth-order valence-electron chi connectivity index (χ4n) is 2.02. The second kappa shape index (κ2) is 6.10. The Morgan fingerprint density at radius 3 is 2.73 bits per heavy atom. The molecule has 0 aliphatic carbocycles. The highest BCUT2D eigenvalue weighted by molar-refractivity contribution is 6.40. The van der Waals surface area contributed by atoms with Crippen LogP contribution in [0.15, 0.2) is 0 Å². The predicted molar refractivity (Wildman–Crippen MR) is 56.5 cm³/mol. The number of rotatable bonds is 6. The van der Waals surface area contributed by atoms with Crippen molar-refractivity contribution in [2.75, 3.05) is 13.1 Å². The van der Waals surface area contributed by atoms with Crippen molar-refractivity contribution in [2.45, 2.75) is 38.0 Å². The minimum atomic E-state index is -1.24. The molecule has 0 saturated carbocycles. The van der Waals surface area contributed by atoms with Gasteiger partial charge in [0.1, 0.15) is 6.04 Å². The van der Waals surface area contributed by atoms with E-state index in [-0.39, 0.29) is 6.04 Å². The number of likely N-dealkylation sites (tertiary alicyclic amines) is 1. The third-order valence-corrected chi connectivity index (χ3v) is 2.81. The Morgan fingerprint density at radius 2 is 2.13 bits per heavy atom. The van der Waals surface area contributed by atoms with Crippen LogP contribution in [0.4, 0.5) is 0 Å². The lowest BCUT2D eigenvalue weighted by Gasteiger charge is -2.20. The Morgan fingerprint density at radius 1 is 1.40 bits per heavy atom. The van der Waals surface area contributed by atoms with Gasteiger partial charge < -0.3 is 15.2 Å². The van der Waals surface area contributed by atoms with Gasteiger partial charge in [-0.05, 0) is 38.7 Å². The Hall–Kier alpha value is -0.585. The Kier molecular flexibility index (Phi) is 5.07. The molecular formula is C9H18BNO4. The summed E-state index contributed by atoms with van der Waals surface area (Å²) in [4.78, 5) is 12.8. The van der Waals surface area contributed by atoms with Crippen molar-refractivity contribution >= 4 is 13.1 Å². The van der Waals surface area contributed by atoms with E-state index in [9.17, 15) is 4.79 Å². The fraction of sp³-hybridized carbons (Fsp3) is 0.889. The van der Waals surface area contributed by atoms with Gasteiger partial charge in [-0.25, -0.2) is 0 Å². The van der Waals surface area contributed by atoms with E-state index in [0.29, 0.717) is 6.32 Å². The topological polar surface area (TPSA) is 81.0 Å². The molecule has 0 amide bonds. The maximum absolute atomic E-state index is 10.8. The zero-order valence-electron chi connectivity index (χ0n) is 8.80. The van der Waals surface area contributed by atoms with E-state index in [0.717, 1.165) is 38.8 Å². The third kappa shape index (κ3) is 4.19. The van der Waals surface area contributed by atoms with Crippen LogP contribution < -0.4 is 0 Å². The van der Waals surface area contributed by atoms with Crippen LogP contribution in [0.3, 0.4) is 0 Å². The van der Waals surface area contributed by atoms with E-state index < -0.39 is 13.1 Å². The molecular weight excluding hydrogens is 197 g/mol. The molecule has 1 rings (SSSR count). The van der Waals surface area contributed by atoms with Crippen molar-refractivity contribution in [3.63, 3.8) is 0 Å². The monoisotopic (exact) mass is 215 g/mol. The number of carboxylic acids is 1. The van der Waals surface area contributed by atoms with Crippen LogP contribution in [0, 0.1) is 0 Å². The Bertz CT molecular complexity index is 212. The zero-order valence-corrected chi connectivity index (χ0v) is 8.80. The minimum absolute atomic E-state index is 0.330. The second-order valence-electron chi connectivity index (χ2n) is 4.01. The van der Waals surface area contributed by atoms with E-state index in [1.807, 2.05) is 4.90 Å². The Balaban J connectivity index is 2.17. The van der Waals surface area contributed by atoms with Crippen molar-refractivity contribution in [3.8, 4) is 0 Å². The summed E-state index contributed by atoms with van der Waals surface area (Å²) in [5, 5.41) is 26.2. The molecule has 0 radical (unpaired) electrons. The van der Waals surface area contributed by atoms with Crippen molar-refractivity contribution in [1.82, 2.24) is 4.90 Å². The molecule has 0 aromatic rings. The van der Waals surface area contributed by atoms with Gasteiger partial charge in [-0.15, -0.1) is 0 Å². The number of aliphatic carboxylic acids is 1. The number of carbonyl (C=O) groups is 1. The SMILES string of the molecule is O=C(O)C1CCCN1CCCCB(O)O. The summed E-state index contributed by atoms with van der Waals surface area (Å²) in [6, 6.07) is -0.330. The first-order valence-electron chi connectivity index (χ1n) is 5.44. The molecule has 1 aliphatic heterocycles. The largest absolute Gasteiger partial charge is 0.480 e. The van der Waals surface area contributed by atoms with E-state index in [1.165, 1.54) is 0 Å². The molecule has 1 fully saturated rings. The maximum Gasteiger partial charge on any atom is 0.451 e. The van der Waals surface area contributed by atoms with Crippen molar-refractivity contribution in [1.29, 1.82) is 0 Å². The fourth-order valence-corrected chi connectivity index (χ4v) is 2.02. The molecule has 0 spiro atoms. The van der Waals surface area contributed by atoms with E-state index in [1.54, 1.807) is 0 Å². The van der Waals surface area contributed by atoms with E-state index >= 15 is 0 Å². The number of nitrogens with zero attached hydrogens (tertiary/aromatic N) is 1. The van der Waals surface area contributed by atoms with Crippen LogP contribution in [0.2, 0.25) is 6.32 Å². The zero-order chi connectivity index (χ0) is 11.3.